The van der Waals surface area contributed by atoms with E-state index in [2.05, 4.69) is 119 Å². The van der Waals surface area contributed by atoms with E-state index in [1.165, 1.54) is 44.2 Å². The fourth-order valence-corrected chi connectivity index (χ4v) is 8.18. The standard InChI is InChI=1S/C21H21FN4O2.C13H9BrFNO.C8H15N3O2.C8H17NO3.C8H19N.C4H10.CH4N2O3S.CH2O3.BrH.ClH.2K.H/c1-21(2,3)28-12-16-19(27)25-20-24-17(13-4-6-15(22)7-5-13)18(26(16)20)14-8-10-23-11-9-14;14-12(9-1-3-11(15)4-2-9)13(17)10-5-7-16-8-6-10;1-8(2,3)13-4-5-6(12)11-7(9)10-5;1-8(2,3)12-5-6(9)7(10)11-4;1-6-9(7(2)3)8(4)5;1-3-4-2;2-1(3)7-6-5-4;2-1-4-3;;;;;/h4-11,16H,12H2,1-3H3,(H,24,25,27);1-8,12H;5H,4H2,1-3H3,(H3,9,10,11,12);6H,5,9H2,1-4H3;7-8H,6H2,1-5H3;3-4H2,1-2H3;4H,(H3,2,3);1,3H;2*1H;;;/q;;;;;;;;;;2*+1;-1/p-1/t16-;;5-;6-;;;;;;;;;/m0.00........./s1. The Morgan fingerprint density at radius 1 is 0.796 bits per heavy atom. The number of esters is 1. The fourth-order valence-electron chi connectivity index (χ4n) is 7.50. The van der Waals surface area contributed by atoms with Gasteiger partial charge in [0.15, 0.2) is 23.0 Å². The van der Waals surface area contributed by atoms with Crippen molar-refractivity contribution in [2.75, 3.05) is 38.8 Å². The van der Waals surface area contributed by atoms with Gasteiger partial charge in [0.05, 0.1) is 55.1 Å². The van der Waals surface area contributed by atoms with E-state index in [1.54, 1.807) is 61.2 Å². The molecule has 0 aliphatic carbocycles. The monoisotopic (exact) mass is 1600 g/mol. The number of ketones is 1. The number of carbonyl (C=O) groups excluding carboxylic acids is 5. The Labute approximate surface area is 691 Å². The molecule has 542 valence electrons. The number of hydrogen-bond donors (Lipinski definition) is 7. The van der Waals surface area contributed by atoms with Crippen molar-refractivity contribution in [2.24, 2.45) is 22.2 Å². The average molecular weight is 1600 g/mol. The summed E-state index contributed by atoms with van der Waals surface area (Å²) in [4.78, 5) is 76.3. The van der Waals surface area contributed by atoms with E-state index in [-0.39, 0.29) is 217 Å². The molecule has 0 spiro atoms. The number of unbranched alkanes of at least 4 members (excludes halogenated alkanes) is 1. The first-order chi connectivity index (χ1) is 44.0. The van der Waals surface area contributed by atoms with Crippen molar-refractivity contribution in [1.82, 2.24) is 29.7 Å². The number of pyridine rings is 2. The third-order valence-corrected chi connectivity index (χ3v) is 13.2. The number of imidazole rings is 1. The van der Waals surface area contributed by atoms with E-state index >= 15 is 0 Å². The number of benzene rings is 2. The van der Waals surface area contributed by atoms with E-state index in [1.807, 2.05) is 79.0 Å². The number of nitrogens with zero attached hydrogens (tertiary/aromatic N) is 6. The molecule has 0 saturated heterocycles. The number of methoxy groups -OCH3 is 1. The number of fused-ring (bicyclic) bond motifs is 1. The number of ether oxygens (including phenoxy) is 4. The van der Waals surface area contributed by atoms with Crippen LogP contribution in [0.4, 0.5) is 14.7 Å². The van der Waals surface area contributed by atoms with E-state index in [4.69, 9.17) is 52.1 Å². The number of nitrogens with one attached hydrogen (secondary N) is 3. The minimum Gasteiger partial charge on any atom is -1.00 e. The smallest absolute Gasteiger partial charge is 1.00 e. The molecule has 0 radical (unpaired) electrons. The molecule has 26 nitrogen and oxygen atoms in total. The van der Waals surface area contributed by atoms with E-state index in [9.17, 15) is 28.0 Å². The molecule has 4 atom stereocenters. The Bertz CT molecular complexity index is 3050. The second-order valence-electron chi connectivity index (χ2n) is 23.5. The van der Waals surface area contributed by atoms with Crippen LogP contribution in [0, 0.1) is 17.0 Å². The number of aliphatic imine (C=N–C) groups is 1. The summed E-state index contributed by atoms with van der Waals surface area (Å²) in [6.07, 6.45) is 9.15. The molecule has 0 bridgehead atoms. The molecule has 0 saturated carbocycles. The SMILES string of the molecule is Br.CC(C)(C)OC[C@@H]1N=C(N)NC1=O.CC(C)(C)OC[C@H]1C(=O)Nc2nc(-c3ccc(F)cc3)c(-c3ccncc3)n21.CCCC.CCN(C(C)C)C(C)C.COC(=O)[C@@H](N)COC(C)(C)C.Cl.N=C(N)SOOO.O=C(c1ccncc1)C(Br)c1ccc(F)cc1.O=CO[O-].[H-].[K+].[K+]. The zero-order chi connectivity index (χ0) is 71.9. The first-order valence-electron chi connectivity index (χ1n) is 29.8. The molecule has 2 aliphatic rings. The Morgan fingerprint density at radius 3 is 1.62 bits per heavy atom. The largest absolute Gasteiger partial charge is 1.00 e. The van der Waals surface area contributed by atoms with Crippen LogP contribution in [-0.2, 0) is 52.4 Å². The maximum atomic E-state index is 13.4. The van der Waals surface area contributed by atoms with Crippen molar-refractivity contribution in [3.8, 4) is 22.5 Å². The van der Waals surface area contributed by atoms with Gasteiger partial charge in [0.1, 0.15) is 40.6 Å². The van der Waals surface area contributed by atoms with E-state index < -0.39 is 28.9 Å². The molecule has 5 aromatic rings. The van der Waals surface area contributed by atoms with Gasteiger partial charge in [0.25, 0.3) is 18.3 Å². The summed E-state index contributed by atoms with van der Waals surface area (Å²) in [7, 11) is 1.30. The summed E-state index contributed by atoms with van der Waals surface area (Å²) in [5, 5.41) is 30.3. The number of carbonyl (C=O) groups is 5. The Kier molecular flexibility index (Phi) is 58.4. The second kappa shape index (κ2) is 55.4. The number of aromatic nitrogens is 4. The summed E-state index contributed by atoms with van der Waals surface area (Å²) in [5.41, 5.74) is 18.9. The summed E-state index contributed by atoms with van der Waals surface area (Å²) in [6.45, 7) is 34.5. The summed E-state index contributed by atoms with van der Waals surface area (Å²) < 4.78 is 52.8. The topological polar surface area (TPSA) is 378 Å². The van der Waals surface area contributed by atoms with Crippen molar-refractivity contribution in [3.05, 3.63) is 120 Å². The predicted octanol–water partition coefficient (Wildman–Crippen LogP) is 4.95. The molecule has 2 aromatic carbocycles. The molecular formula is C64H99Br2ClF2K2N12O14S. The van der Waals surface area contributed by atoms with Gasteiger partial charge in [-0.3, -0.25) is 59.5 Å². The molecule has 3 aromatic heterocycles. The molecule has 0 fully saturated rings. The average Bonchev–Trinajstić information content (AvgIpc) is 1.59. The van der Waals surface area contributed by atoms with Gasteiger partial charge in [-0.1, -0.05) is 66.7 Å². The minimum absolute atomic E-state index is 0. The third-order valence-electron chi connectivity index (χ3n) is 12.0. The molecule has 5 heterocycles. The van der Waals surface area contributed by atoms with Crippen molar-refractivity contribution in [3.63, 3.8) is 0 Å². The van der Waals surface area contributed by atoms with Crippen LogP contribution in [0.1, 0.15) is 152 Å². The molecule has 98 heavy (non-hydrogen) atoms. The van der Waals surface area contributed by atoms with Crippen molar-refractivity contribution >= 4 is 104 Å². The predicted molar refractivity (Wildman–Crippen MR) is 379 cm³/mol. The number of halogens is 5. The Balaban J connectivity index is -0.000000268. The summed E-state index contributed by atoms with van der Waals surface area (Å²) in [6, 6.07) is 18.7. The number of alkyl halides is 1. The zero-order valence-electron chi connectivity index (χ0n) is 60.6. The fraction of sp³-hybridized carbons (Fsp3) is 0.500. The van der Waals surface area contributed by atoms with E-state index in [0.717, 1.165) is 28.9 Å². The maximum absolute atomic E-state index is 13.4. The maximum Gasteiger partial charge on any atom is 1.00 e. The number of amidine groups is 1. The Hall–Kier alpha value is -3.19. The van der Waals surface area contributed by atoms with Crippen LogP contribution < -0.4 is 136 Å². The summed E-state index contributed by atoms with van der Waals surface area (Å²) >= 11 is 3.74. The first-order valence-corrected chi connectivity index (χ1v) is 31.4. The van der Waals surface area contributed by atoms with Crippen LogP contribution in [-0.4, -0.2) is 145 Å². The number of anilines is 1. The normalized spacial score (nSPS) is 13.7. The minimum atomic E-state index is -0.686. The number of rotatable bonds is 19. The molecule has 10 N–H and O–H groups in total. The first kappa shape index (κ1) is 103. The van der Waals surface area contributed by atoms with Crippen LogP contribution in [0.3, 0.4) is 0 Å². The van der Waals surface area contributed by atoms with Crippen LogP contribution in [0.25, 0.3) is 22.5 Å². The van der Waals surface area contributed by atoms with E-state index in [0.29, 0.717) is 41.3 Å². The van der Waals surface area contributed by atoms with Gasteiger partial charge in [0.2, 0.25) is 5.95 Å². The van der Waals surface area contributed by atoms with Crippen LogP contribution >= 0.6 is 57.4 Å². The molecule has 2 aliphatic heterocycles. The molecule has 1 unspecified atom stereocenters. The van der Waals surface area contributed by atoms with Crippen molar-refractivity contribution < 1.29 is 181 Å². The quantitative estimate of drug-likeness (QED) is 0.00549. The zero-order valence-corrected chi connectivity index (χ0v) is 70.7. The van der Waals surface area contributed by atoms with Gasteiger partial charge in [0, 0.05) is 53.6 Å². The van der Waals surface area contributed by atoms with Gasteiger partial charge in [-0.05, 0) is 163 Å². The number of guanidine groups is 1. The number of amides is 2. The molecular weight excluding hydrogens is 1500 g/mol. The van der Waals surface area contributed by atoms with Gasteiger partial charge in [-0.2, -0.15) is 0 Å². The van der Waals surface area contributed by atoms with Crippen LogP contribution in [0.2, 0.25) is 0 Å². The van der Waals surface area contributed by atoms with Crippen molar-refractivity contribution in [2.45, 2.75) is 175 Å². The van der Waals surface area contributed by atoms with Gasteiger partial charge in [-0.25, -0.2) is 24.0 Å². The molecule has 2 amide bonds. The van der Waals surface area contributed by atoms with Crippen molar-refractivity contribution in [1.29, 1.82) is 5.41 Å². The van der Waals surface area contributed by atoms with Gasteiger partial charge >= 0.3 is 109 Å². The van der Waals surface area contributed by atoms with Crippen LogP contribution in [0.5, 0.6) is 0 Å². The summed E-state index contributed by atoms with van der Waals surface area (Å²) in [5.74, 6) is -0.866. The number of Topliss-reactive ketones (excluding diaryl/α,β-unsaturated/α-hetero) is 1. The Morgan fingerprint density at radius 2 is 1.26 bits per heavy atom. The third kappa shape index (κ3) is 44.4. The second-order valence-corrected chi connectivity index (χ2v) is 25.1. The molecule has 34 heteroatoms. The van der Waals surface area contributed by atoms with Gasteiger partial charge in [-0.15, -0.1) is 33.7 Å². The number of nitrogens with two attached hydrogens (primary N) is 3. The number of hydrogen-bond acceptors (Lipinski definition) is 23. The molecule has 7 rings (SSSR count). The van der Waals surface area contributed by atoms with Crippen LogP contribution in [0.15, 0.2) is 103 Å². The van der Waals surface area contributed by atoms with Gasteiger partial charge < -0.3 is 47.7 Å².